The van der Waals surface area contributed by atoms with E-state index in [0.29, 0.717) is 22.5 Å². The second kappa shape index (κ2) is 9.14. The molecule has 1 aliphatic rings. The first kappa shape index (κ1) is 25.2. The third-order valence-corrected chi connectivity index (χ3v) is 7.80. The molecule has 1 aliphatic carbocycles. The molecule has 0 amide bonds. The zero-order chi connectivity index (χ0) is 26.4. The Morgan fingerprint density at radius 1 is 1.00 bits per heavy atom. The molecule has 1 saturated carbocycles. The predicted molar refractivity (Wildman–Crippen MR) is 124 cm³/mol. The highest BCUT2D eigenvalue weighted by molar-refractivity contribution is 7.89. The average Bonchev–Trinajstić information content (AvgIpc) is 3.37. The maximum absolute atomic E-state index is 14.5. The zero-order valence-electron chi connectivity index (χ0n) is 19.0. The Kier molecular flexibility index (Phi) is 6.23. The van der Waals surface area contributed by atoms with E-state index < -0.39 is 57.5 Å². The smallest absolute Gasteiger partial charge is 0.317 e. The summed E-state index contributed by atoms with van der Waals surface area (Å²) in [5, 5.41) is 7.86. The van der Waals surface area contributed by atoms with Crippen molar-refractivity contribution in [2.75, 3.05) is 0 Å². The van der Waals surface area contributed by atoms with Gasteiger partial charge in [-0.1, -0.05) is 24.3 Å². The number of pyridine rings is 1. The van der Waals surface area contributed by atoms with Crippen LogP contribution in [0.4, 0.5) is 22.0 Å². The first-order chi connectivity index (χ1) is 17.4. The molecule has 1 N–H and O–H groups in total. The van der Waals surface area contributed by atoms with Gasteiger partial charge in [0.1, 0.15) is 12.7 Å². The van der Waals surface area contributed by atoms with Crippen LogP contribution < -0.4 is 4.72 Å². The Labute approximate surface area is 208 Å². The summed E-state index contributed by atoms with van der Waals surface area (Å²) >= 11 is 0. The van der Waals surface area contributed by atoms with Gasteiger partial charge in [0.2, 0.25) is 10.0 Å². The molecule has 13 heteroatoms. The number of nitrogens with one attached hydrogen (secondary N) is 1. The molecule has 194 valence electrons. The van der Waals surface area contributed by atoms with Crippen LogP contribution in [0, 0.1) is 0 Å². The highest BCUT2D eigenvalue weighted by Gasteiger charge is 2.43. The first-order valence-electron chi connectivity index (χ1n) is 11.2. The molecule has 5 rings (SSSR count). The van der Waals surface area contributed by atoms with Crippen molar-refractivity contribution in [3.63, 3.8) is 0 Å². The Hall–Kier alpha value is -3.45. The van der Waals surface area contributed by atoms with Crippen LogP contribution in [0.25, 0.3) is 22.0 Å². The van der Waals surface area contributed by atoms with Gasteiger partial charge < -0.3 is 4.57 Å². The monoisotopic (exact) mass is 537 g/mol. The van der Waals surface area contributed by atoms with Gasteiger partial charge in [0.05, 0.1) is 16.0 Å². The Balaban J connectivity index is 1.54. The lowest BCUT2D eigenvalue weighted by Crippen LogP contribution is -2.45. The fourth-order valence-corrected chi connectivity index (χ4v) is 6.01. The zero-order valence-corrected chi connectivity index (χ0v) is 19.8. The number of para-hydroxylation sites is 1. The Morgan fingerprint density at radius 3 is 2.46 bits per heavy atom. The molecule has 4 aromatic rings. The molecule has 7 nitrogen and oxygen atoms in total. The number of halogens is 5. The molecule has 37 heavy (non-hydrogen) atoms. The number of rotatable bonds is 5. The molecule has 0 saturated heterocycles. The highest BCUT2D eigenvalue weighted by atomic mass is 32.2. The Morgan fingerprint density at radius 2 is 1.73 bits per heavy atom. The van der Waals surface area contributed by atoms with Crippen molar-refractivity contribution < 1.29 is 30.4 Å². The summed E-state index contributed by atoms with van der Waals surface area (Å²) in [5.41, 5.74) is -0.507. The molecule has 2 aromatic carbocycles. The van der Waals surface area contributed by atoms with E-state index in [-0.39, 0.29) is 12.0 Å². The molecule has 2 unspecified atom stereocenters. The molecule has 2 atom stereocenters. The van der Waals surface area contributed by atoms with E-state index in [0.717, 1.165) is 12.1 Å². The van der Waals surface area contributed by atoms with Gasteiger partial charge in [-0.25, -0.2) is 21.9 Å². The first-order valence-corrected chi connectivity index (χ1v) is 12.7. The number of fused-ring (bicyclic) bond motifs is 1. The molecular formula is C24H20F5N5O2S. The van der Waals surface area contributed by atoms with Crippen LogP contribution in [0.5, 0.6) is 0 Å². The summed E-state index contributed by atoms with van der Waals surface area (Å²) in [7, 11) is -4.61. The minimum atomic E-state index is -4.85. The average molecular weight is 538 g/mol. The fraction of sp³-hybridized carbons (Fsp3) is 0.292. The SMILES string of the molecule is O=S(=O)(NC1CC(n2cnnc2)CC(F)(F)C1)c1cc(-c2cccc3cccnc23)cc(C(F)(F)F)c1. The molecule has 0 spiro atoms. The topological polar surface area (TPSA) is 89.8 Å². The largest absolute Gasteiger partial charge is 0.416 e. The van der Waals surface area contributed by atoms with E-state index in [1.165, 1.54) is 23.4 Å². The van der Waals surface area contributed by atoms with E-state index in [2.05, 4.69) is 19.9 Å². The number of hydrogen-bond donors (Lipinski definition) is 1. The van der Waals surface area contributed by atoms with Crippen LogP contribution in [0.3, 0.4) is 0 Å². The van der Waals surface area contributed by atoms with Gasteiger partial charge in [0.15, 0.2) is 0 Å². The van der Waals surface area contributed by atoms with Gasteiger partial charge in [-0.3, -0.25) is 4.98 Å². The van der Waals surface area contributed by atoms with Crippen LogP contribution in [0.2, 0.25) is 0 Å². The van der Waals surface area contributed by atoms with E-state index >= 15 is 0 Å². The van der Waals surface area contributed by atoms with Crippen LogP contribution in [-0.4, -0.2) is 40.1 Å². The number of hydrogen-bond acceptors (Lipinski definition) is 5. The van der Waals surface area contributed by atoms with Gasteiger partial charge in [-0.15, -0.1) is 10.2 Å². The standard InChI is InChI=1S/C24H20F5N5O2S/c25-23(26)11-18(10-19(12-23)34-13-31-32-14-34)33-37(35,36)20-8-16(7-17(9-20)24(27,28)29)21-5-1-3-15-4-2-6-30-22(15)21/h1-9,13-14,18-19,33H,10-12H2. The molecule has 2 aromatic heterocycles. The normalized spacial score (nSPS) is 20.2. The summed E-state index contributed by atoms with van der Waals surface area (Å²) in [4.78, 5) is 3.56. The molecule has 2 heterocycles. The summed E-state index contributed by atoms with van der Waals surface area (Å²) < 4.78 is 100. The lowest BCUT2D eigenvalue weighted by Gasteiger charge is -2.35. The van der Waals surface area contributed by atoms with Crippen LogP contribution in [0.1, 0.15) is 30.9 Å². The van der Waals surface area contributed by atoms with Crippen LogP contribution >= 0.6 is 0 Å². The number of benzene rings is 2. The number of alkyl halides is 5. The maximum Gasteiger partial charge on any atom is 0.416 e. The molecule has 0 aliphatic heterocycles. The minimum absolute atomic E-state index is 0.00801. The lowest BCUT2D eigenvalue weighted by atomic mass is 9.88. The van der Waals surface area contributed by atoms with Crippen molar-refractivity contribution in [1.82, 2.24) is 24.5 Å². The molecule has 0 bridgehead atoms. The summed E-state index contributed by atoms with van der Waals surface area (Å²) in [6.45, 7) is 0. The minimum Gasteiger partial charge on any atom is -0.317 e. The van der Waals surface area contributed by atoms with Crippen molar-refractivity contribution in [2.24, 2.45) is 0 Å². The fourth-order valence-electron chi connectivity index (χ4n) is 4.70. The summed E-state index contributed by atoms with van der Waals surface area (Å²) in [6.07, 6.45) is -2.19. The van der Waals surface area contributed by atoms with Gasteiger partial charge in [0.25, 0.3) is 5.92 Å². The van der Waals surface area contributed by atoms with E-state index in [1.54, 1.807) is 30.3 Å². The molecular weight excluding hydrogens is 517 g/mol. The van der Waals surface area contributed by atoms with Gasteiger partial charge in [-0.05, 0) is 36.2 Å². The molecule has 1 fully saturated rings. The quantitative estimate of drug-likeness (QED) is 0.353. The third kappa shape index (κ3) is 5.32. The third-order valence-electron chi connectivity index (χ3n) is 6.30. The van der Waals surface area contributed by atoms with Crippen LogP contribution in [0.15, 0.2) is 72.3 Å². The van der Waals surface area contributed by atoms with E-state index in [1.807, 2.05) is 0 Å². The lowest BCUT2D eigenvalue weighted by molar-refractivity contribution is -0.137. The van der Waals surface area contributed by atoms with Crippen molar-refractivity contribution in [3.8, 4) is 11.1 Å². The summed E-state index contributed by atoms with van der Waals surface area (Å²) in [5.74, 6) is -3.20. The number of sulfonamides is 1. The maximum atomic E-state index is 14.5. The van der Waals surface area contributed by atoms with Crippen molar-refractivity contribution in [2.45, 2.75) is 48.3 Å². The summed E-state index contributed by atoms with van der Waals surface area (Å²) in [6, 6.07) is 8.74. The van der Waals surface area contributed by atoms with Gasteiger partial charge >= 0.3 is 6.18 Å². The molecule has 0 radical (unpaired) electrons. The van der Waals surface area contributed by atoms with Gasteiger partial charge in [0, 0.05) is 42.1 Å². The van der Waals surface area contributed by atoms with E-state index in [9.17, 15) is 30.4 Å². The second-order valence-corrected chi connectivity index (χ2v) is 10.7. The van der Waals surface area contributed by atoms with Crippen molar-refractivity contribution in [1.29, 1.82) is 0 Å². The predicted octanol–water partition coefficient (Wildman–Crippen LogP) is 5.22. The van der Waals surface area contributed by atoms with Crippen molar-refractivity contribution >= 4 is 20.9 Å². The van der Waals surface area contributed by atoms with Crippen molar-refractivity contribution in [3.05, 3.63) is 72.9 Å². The van der Waals surface area contributed by atoms with E-state index in [4.69, 9.17) is 0 Å². The number of aromatic nitrogens is 4. The Bertz CT molecular complexity index is 1540. The highest BCUT2D eigenvalue weighted by Crippen LogP contribution is 2.40. The van der Waals surface area contributed by atoms with Gasteiger partial charge in [-0.2, -0.15) is 13.2 Å². The van der Waals surface area contributed by atoms with Crippen LogP contribution in [-0.2, 0) is 16.2 Å². The second-order valence-electron chi connectivity index (χ2n) is 9.01. The number of nitrogens with zero attached hydrogens (tertiary/aromatic N) is 4.